The fourth-order valence-corrected chi connectivity index (χ4v) is 1.72. The monoisotopic (exact) mass is 231 g/mol. The summed E-state index contributed by atoms with van der Waals surface area (Å²) in [6.07, 6.45) is 4.41. The molecule has 98 valence electrons. The largest absolute Gasteiger partial charge is 0.396 e. The van der Waals surface area contributed by atoms with E-state index in [2.05, 4.69) is 18.9 Å². The molecule has 1 aliphatic heterocycles. The zero-order valence-corrected chi connectivity index (χ0v) is 11.2. The van der Waals surface area contributed by atoms with Crippen LogP contribution in [0.3, 0.4) is 0 Å². The molecule has 1 saturated heterocycles. The van der Waals surface area contributed by atoms with Crippen LogP contribution in [0.2, 0.25) is 0 Å². The average Bonchev–Trinajstić information content (AvgIpc) is 2.24. The maximum atomic E-state index is 8.38. The summed E-state index contributed by atoms with van der Waals surface area (Å²) in [6, 6.07) is 0. The highest BCUT2D eigenvalue weighted by Crippen LogP contribution is 2.13. The summed E-state index contributed by atoms with van der Waals surface area (Å²) in [6.45, 7) is 7.45. The molecule has 3 nitrogen and oxygen atoms in total. The zero-order valence-electron chi connectivity index (χ0n) is 11.2. The van der Waals surface area contributed by atoms with Crippen LogP contribution in [-0.2, 0) is 0 Å². The van der Waals surface area contributed by atoms with Crippen molar-refractivity contribution in [3.05, 3.63) is 0 Å². The Kier molecular flexibility index (Phi) is 9.99. The molecule has 0 atom stereocenters. The van der Waals surface area contributed by atoms with Gasteiger partial charge < -0.3 is 15.1 Å². The van der Waals surface area contributed by atoms with Crippen LogP contribution in [0.1, 0.15) is 39.5 Å². The van der Waals surface area contributed by atoms with Crippen LogP contribution in [0.15, 0.2) is 0 Å². The molecule has 16 heavy (non-hydrogen) atoms. The Bertz CT molecular complexity index is 129. The second-order valence-corrected chi connectivity index (χ2v) is 5.12. The van der Waals surface area contributed by atoms with E-state index in [1.165, 1.54) is 25.9 Å². The maximum Gasteiger partial charge on any atom is 0.0433 e. The third kappa shape index (κ3) is 9.13. The molecular formula is C13H29NO2. The van der Waals surface area contributed by atoms with Crippen molar-refractivity contribution >= 4 is 0 Å². The molecule has 0 aliphatic carbocycles. The van der Waals surface area contributed by atoms with Gasteiger partial charge in [0.25, 0.3) is 0 Å². The molecule has 0 bridgehead atoms. The lowest BCUT2D eigenvalue weighted by molar-refractivity contribution is 0.223. The summed E-state index contributed by atoms with van der Waals surface area (Å²) >= 11 is 0. The Hall–Kier alpha value is -0.120. The molecule has 1 fully saturated rings. The van der Waals surface area contributed by atoms with Crippen molar-refractivity contribution in [2.45, 2.75) is 39.5 Å². The molecule has 0 radical (unpaired) electrons. The number of rotatable bonds is 4. The van der Waals surface area contributed by atoms with Gasteiger partial charge in [0.05, 0.1) is 0 Å². The molecule has 0 spiro atoms. The highest BCUT2D eigenvalue weighted by atomic mass is 16.3. The van der Waals surface area contributed by atoms with E-state index in [0.29, 0.717) is 5.92 Å². The SMILES string of the molecule is CC(CCO)CCO.CC1CCN(C)CC1. The number of likely N-dealkylation sites (tertiary alicyclic amines) is 1. The molecule has 3 heteroatoms. The van der Waals surface area contributed by atoms with Gasteiger partial charge >= 0.3 is 0 Å². The number of nitrogens with zero attached hydrogens (tertiary/aromatic N) is 1. The van der Waals surface area contributed by atoms with E-state index in [1.807, 2.05) is 6.92 Å². The number of aliphatic hydroxyl groups excluding tert-OH is 2. The van der Waals surface area contributed by atoms with Gasteiger partial charge in [-0.05, 0) is 57.7 Å². The molecular weight excluding hydrogens is 202 g/mol. The second-order valence-electron chi connectivity index (χ2n) is 5.12. The van der Waals surface area contributed by atoms with E-state index in [-0.39, 0.29) is 13.2 Å². The van der Waals surface area contributed by atoms with Crippen molar-refractivity contribution in [3.63, 3.8) is 0 Å². The van der Waals surface area contributed by atoms with E-state index in [4.69, 9.17) is 10.2 Å². The summed E-state index contributed by atoms with van der Waals surface area (Å²) in [5.74, 6) is 1.44. The van der Waals surface area contributed by atoms with Gasteiger partial charge in [0.15, 0.2) is 0 Å². The molecule has 1 rings (SSSR count). The van der Waals surface area contributed by atoms with Gasteiger partial charge in [-0.2, -0.15) is 0 Å². The number of hydrogen-bond acceptors (Lipinski definition) is 3. The molecule has 0 saturated carbocycles. The van der Waals surface area contributed by atoms with Gasteiger partial charge in [-0.15, -0.1) is 0 Å². The molecule has 1 heterocycles. The molecule has 0 aromatic carbocycles. The molecule has 2 N–H and O–H groups in total. The fraction of sp³-hybridized carbons (Fsp3) is 1.00. The Morgan fingerprint density at radius 1 is 1.12 bits per heavy atom. The first kappa shape index (κ1) is 15.9. The number of hydrogen-bond donors (Lipinski definition) is 2. The summed E-state index contributed by atoms with van der Waals surface area (Å²) in [5, 5.41) is 16.8. The van der Waals surface area contributed by atoms with Crippen LogP contribution >= 0.6 is 0 Å². The van der Waals surface area contributed by atoms with Crippen molar-refractivity contribution < 1.29 is 10.2 Å². The molecule has 0 unspecified atom stereocenters. The predicted molar refractivity (Wildman–Crippen MR) is 68.5 cm³/mol. The van der Waals surface area contributed by atoms with E-state index in [9.17, 15) is 0 Å². The summed E-state index contributed by atoms with van der Waals surface area (Å²) in [4.78, 5) is 2.40. The fourth-order valence-electron chi connectivity index (χ4n) is 1.72. The lowest BCUT2D eigenvalue weighted by Crippen LogP contribution is -2.28. The van der Waals surface area contributed by atoms with Crippen molar-refractivity contribution in [2.75, 3.05) is 33.4 Å². The smallest absolute Gasteiger partial charge is 0.0433 e. The van der Waals surface area contributed by atoms with Gasteiger partial charge in [-0.3, -0.25) is 0 Å². The normalized spacial score (nSPS) is 18.4. The molecule has 0 amide bonds. The summed E-state index contributed by atoms with van der Waals surface area (Å²) in [7, 11) is 2.20. The van der Waals surface area contributed by atoms with Crippen LogP contribution < -0.4 is 0 Å². The molecule has 0 aromatic rings. The van der Waals surface area contributed by atoms with Crippen molar-refractivity contribution in [3.8, 4) is 0 Å². The Balaban J connectivity index is 0.000000281. The van der Waals surface area contributed by atoms with Gasteiger partial charge in [0.1, 0.15) is 0 Å². The minimum atomic E-state index is 0.237. The van der Waals surface area contributed by atoms with E-state index >= 15 is 0 Å². The van der Waals surface area contributed by atoms with Crippen molar-refractivity contribution in [1.82, 2.24) is 4.90 Å². The zero-order chi connectivity index (χ0) is 12.4. The first-order chi connectivity index (χ1) is 7.60. The first-order valence-corrected chi connectivity index (χ1v) is 6.50. The van der Waals surface area contributed by atoms with Gasteiger partial charge in [0.2, 0.25) is 0 Å². The lowest BCUT2D eigenvalue weighted by Gasteiger charge is -2.26. The Morgan fingerprint density at radius 2 is 1.56 bits per heavy atom. The topological polar surface area (TPSA) is 43.7 Å². The summed E-state index contributed by atoms with van der Waals surface area (Å²) in [5.41, 5.74) is 0. The van der Waals surface area contributed by atoms with Crippen LogP contribution in [0.5, 0.6) is 0 Å². The minimum Gasteiger partial charge on any atom is -0.396 e. The first-order valence-electron chi connectivity index (χ1n) is 6.50. The number of piperidine rings is 1. The lowest BCUT2D eigenvalue weighted by atomic mass is 10.00. The van der Waals surface area contributed by atoms with E-state index < -0.39 is 0 Å². The average molecular weight is 231 g/mol. The van der Waals surface area contributed by atoms with Gasteiger partial charge in [0, 0.05) is 13.2 Å². The van der Waals surface area contributed by atoms with Crippen LogP contribution in [0, 0.1) is 11.8 Å². The van der Waals surface area contributed by atoms with Crippen LogP contribution in [0.25, 0.3) is 0 Å². The maximum absolute atomic E-state index is 8.38. The van der Waals surface area contributed by atoms with Crippen LogP contribution in [0.4, 0.5) is 0 Å². The predicted octanol–water partition coefficient (Wildman–Crippen LogP) is 1.74. The highest BCUT2D eigenvalue weighted by molar-refractivity contribution is 4.65. The summed E-state index contributed by atoms with van der Waals surface area (Å²) < 4.78 is 0. The Labute approximate surface area is 100 Å². The van der Waals surface area contributed by atoms with Crippen molar-refractivity contribution in [1.29, 1.82) is 0 Å². The van der Waals surface area contributed by atoms with Gasteiger partial charge in [-0.25, -0.2) is 0 Å². The van der Waals surface area contributed by atoms with E-state index in [0.717, 1.165) is 18.8 Å². The van der Waals surface area contributed by atoms with Gasteiger partial charge in [-0.1, -0.05) is 13.8 Å². The van der Waals surface area contributed by atoms with E-state index in [1.54, 1.807) is 0 Å². The molecule has 0 aromatic heterocycles. The van der Waals surface area contributed by atoms with Crippen LogP contribution in [-0.4, -0.2) is 48.5 Å². The number of aliphatic hydroxyl groups is 2. The second kappa shape index (κ2) is 10.1. The standard InChI is InChI=1S/C7H15N.C6H14O2/c1-7-3-5-8(2)6-4-7;1-6(2-4-7)3-5-8/h7H,3-6H2,1-2H3;6-8H,2-5H2,1H3. The molecule has 1 aliphatic rings. The third-order valence-electron chi connectivity index (χ3n) is 3.25. The third-order valence-corrected chi connectivity index (χ3v) is 3.25. The Morgan fingerprint density at radius 3 is 1.88 bits per heavy atom. The van der Waals surface area contributed by atoms with Crippen molar-refractivity contribution in [2.24, 2.45) is 11.8 Å². The minimum absolute atomic E-state index is 0.237. The quantitative estimate of drug-likeness (QED) is 0.774. The highest BCUT2D eigenvalue weighted by Gasteiger charge is 2.10.